The predicted octanol–water partition coefficient (Wildman–Crippen LogP) is 5.79. The maximum atomic E-state index is 10.8. The highest BCUT2D eigenvalue weighted by Crippen LogP contribution is 2.48. The lowest BCUT2D eigenvalue weighted by Crippen LogP contribution is -2.33. The molecule has 1 aliphatic heterocycles. The normalized spacial score (nSPS) is 19.7. The van der Waals surface area contributed by atoms with Crippen molar-refractivity contribution in [1.29, 1.82) is 0 Å². The molecule has 0 saturated carbocycles. The number of benzene rings is 2. The Bertz CT molecular complexity index is 846. The maximum Gasteiger partial charge on any atom is 0.151 e. The second-order valence-electron chi connectivity index (χ2n) is 8.11. The van der Waals surface area contributed by atoms with Crippen molar-refractivity contribution in [2.75, 3.05) is 30.1 Å². The Labute approximate surface area is 188 Å². The van der Waals surface area contributed by atoms with Crippen LogP contribution in [0.5, 0.6) is 5.75 Å². The summed E-state index contributed by atoms with van der Waals surface area (Å²) in [6.07, 6.45) is 5.04. The van der Waals surface area contributed by atoms with Crippen LogP contribution >= 0.6 is 23.5 Å². The molecule has 3 rings (SSSR count). The van der Waals surface area contributed by atoms with Gasteiger partial charge < -0.3 is 19.5 Å². The molecule has 0 fully saturated rings. The van der Waals surface area contributed by atoms with Gasteiger partial charge in [-0.2, -0.15) is 0 Å². The first kappa shape index (κ1) is 23.0. The van der Waals surface area contributed by atoms with Crippen LogP contribution in [0.4, 0.5) is 11.4 Å². The molecule has 1 N–H and O–H groups in total. The summed E-state index contributed by atoms with van der Waals surface area (Å²) in [5.74, 6) is 1.76. The van der Waals surface area contributed by atoms with Gasteiger partial charge in [0.05, 0.1) is 10.6 Å². The molecule has 0 aromatic heterocycles. The number of carbonyl (C=O) groups is 1. The number of carbonyl (C=O) groups excluding carboxylic acids is 1. The van der Waals surface area contributed by atoms with E-state index in [4.69, 9.17) is 4.74 Å². The lowest BCUT2D eigenvalue weighted by Gasteiger charge is -2.34. The fourth-order valence-electron chi connectivity index (χ4n) is 3.70. The van der Waals surface area contributed by atoms with Crippen LogP contribution in [0.15, 0.2) is 52.3 Å². The number of aliphatic hydroxyl groups is 1. The molecule has 2 aromatic rings. The molecule has 30 heavy (non-hydrogen) atoms. The molecule has 0 amide bonds. The molecule has 0 saturated heterocycles. The van der Waals surface area contributed by atoms with E-state index in [0.29, 0.717) is 6.29 Å². The first-order valence-corrected chi connectivity index (χ1v) is 12.6. The zero-order valence-electron chi connectivity index (χ0n) is 18.0. The number of unbranched alkanes of at least 4 members (excludes halogenated alkanes) is 1. The Balaban J connectivity index is 2.02. The van der Waals surface area contributed by atoms with Crippen LogP contribution in [0.25, 0.3) is 0 Å². The van der Waals surface area contributed by atoms with E-state index in [1.165, 1.54) is 35.5 Å². The molecule has 6 heteroatoms. The Morgan fingerprint density at radius 2 is 2.10 bits per heavy atom. The molecule has 1 heterocycles. The van der Waals surface area contributed by atoms with Crippen molar-refractivity contribution >= 4 is 41.2 Å². The van der Waals surface area contributed by atoms with Crippen molar-refractivity contribution in [3.63, 3.8) is 0 Å². The third-order valence-electron chi connectivity index (χ3n) is 5.42. The molecule has 4 nitrogen and oxygen atoms in total. The number of ether oxygens (including phenoxy) is 1. The summed E-state index contributed by atoms with van der Waals surface area (Å²) >= 11 is 3.49. The fourth-order valence-corrected chi connectivity index (χ4v) is 5.50. The van der Waals surface area contributed by atoms with Gasteiger partial charge in [0, 0.05) is 22.9 Å². The Hall–Kier alpha value is -1.63. The van der Waals surface area contributed by atoms with Crippen LogP contribution in [0, 0.1) is 5.41 Å². The van der Waals surface area contributed by atoms with Crippen LogP contribution in [0.2, 0.25) is 0 Å². The average Bonchev–Trinajstić information content (AvgIpc) is 2.92. The lowest BCUT2D eigenvalue weighted by atomic mass is 9.86. The second kappa shape index (κ2) is 10.6. The summed E-state index contributed by atoms with van der Waals surface area (Å²) in [5, 5.41) is 9.59. The number of hydrogen-bond acceptors (Lipinski definition) is 6. The highest BCUT2D eigenvalue weighted by molar-refractivity contribution is 7.99. The maximum absolute atomic E-state index is 10.8. The minimum Gasteiger partial charge on any atom is -0.489 e. The molecule has 162 valence electrons. The quantitative estimate of drug-likeness (QED) is 0.390. The van der Waals surface area contributed by atoms with Gasteiger partial charge in [0.2, 0.25) is 0 Å². The van der Waals surface area contributed by atoms with Gasteiger partial charge in [-0.3, -0.25) is 0 Å². The summed E-state index contributed by atoms with van der Waals surface area (Å²) in [5.41, 5.74) is 2.59. The van der Waals surface area contributed by atoms with Crippen LogP contribution in [-0.4, -0.2) is 42.7 Å². The number of nitrogens with zero attached hydrogens (tertiary/aromatic N) is 1. The van der Waals surface area contributed by atoms with Crippen molar-refractivity contribution in [1.82, 2.24) is 0 Å². The summed E-state index contributed by atoms with van der Waals surface area (Å²) in [6, 6.07) is 14.8. The SMILES string of the molecule is CCCCC1(C)CSc2cc(OC[C@H](O)C=O)c(SC)cc2N(c2ccccc2)C1. The number of aliphatic hydroxyl groups excluding tert-OH is 1. The van der Waals surface area contributed by atoms with E-state index in [1.807, 2.05) is 18.0 Å². The van der Waals surface area contributed by atoms with Crippen LogP contribution in [0.3, 0.4) is 0 Å². The highest BCUT2D eigenvalue weighted by Gasteiger charge is 2.33. The second-order valence-corrected chi connectivity index (χ2v) is 9.98. The third kappa shape index (κ3) is 5.54. The van der Waals surface area contributed by atoms with Gasteiger partial charge in [0.25, 0.3) is 0 Å². The summed E-state index contributed by atoms with van der Waals surface area (Å²) in [6.45, 7) is 5.58. The van der Waals surface area contributed by atoms with Gasteiger partial charge in [0.1, 0.15) is 18.5 Å². The molecule has 0 radical (unpaired) electrons. The van der Waals surface area contributed by atoms with Crippen LogP contribution in [-0.2, 0) is 4.79 Å². The van der Waals surface area contributed by atoms with Gasteiger partial charge in [0.15, 0.2) is 6.29 Å². The molecular formula is C24H31NO3S2. The monoisotopic (exact) mass is 445 g/mol. The van der Waals surface area contributed by atoms with Gasteiger partial charge in [-0.05, 0) is 42.4 Å². The molecule has 0 aliphatic carbocycles. The minimum atomic E-state index is -1.11. The van der Waals surface area contributed by atoms with Crippen molar-refractivity contribution in [2.24, 2.45) is 5.41 Å². The van der Waals surface area contributed by atoms with Crippen molar-refractivity contribution < 1.29 is 14.6 Å². The molecule has 2 atom stereocenters. The summed E-state index contributed by atoms with van der Waals surface area (Å²) in [7, 11) is 0. The highest BCUT2D eigenvalue weighted by atomic mass is 32.2. The number of anilines is 2. The van der Waals surface area contributed by atoms with Crippen LogP contribution in [0.1, 0.15) is 33.1 Å². The number of para-hydroxylation sites is 1. The number of hydrogen-bond donors (Lipinski definition) is 1. The zero-order valence-corrected chi connectivity index (χ0v) is 19.6. The van der Waals surface area contributed by atoms with Gasteiger partial charge in [-0.15, -0.1) is 23.5 Å². The van der Waals surface area contributed by atoms with Gasteiger partial charge in [-0.25, -0.2) is 0 Å². The van der Waals surface area contributed by atoms with E-state index in [1.54, 1.807) is 11.8 Å². The molecule has 0 spiro atoms. The van der Waals surface area contributed by atoms with Crippen molar-refractivity contribution in [3.8, 4) is 5.75 Å². The smallest absolute Gasteiger partial charge is 0.151 e. The number of rotatable bonds is 9. The van der Waals surface area contributed by atoms with E-state index >= 15 is 0 Å². The largest absolute Gasteiger partial charge is 0.489 e. The van der Waals surface area contributed by atoms with Gasteiger partial charge >= 0.3 is 0 Å². The molecule has 1 aliphatic rings. The van der Waals surface area contributed by atoms with Gasteiger partial charge in [-0.1, -0.05) is 44.9 Å². The third-order valence-corrected chi connectivity index (χ3v) is 7.66. The molecule has 1 unspecified atom stereocenters. The average molecular weight is 446 g/mol. The Morgan fingerprint density at radius 1 is 1.33 bits per heavy atom. The van der Waals surface area contributed by atoms with E-state index in [9.17, 15) is 9.90 Å². The number of thioether (sulfide) groups is 2. The Kier molecular flexibility index (Phi) is 8.14. The first-order chi connectivity index (χ1) is 14.5. The van der Waals surface area contributed by atoms with Crippen molar-refractivity contribution in [2.45, 2.75) is 49.0 Å². The fraction of sp³-hybridized carbons (Fsp3) is 0.458. The van der Waals surface area contributed by atoms with Crippen LogP contribution < -0.4 is 9.64 Å². The number of fused-ring (bicyclic) bond motifs is 1. The molecule has 2 aromatic carbocycles. The predicted molar refractivity (Wildman–Crippen MR) is 128 cm³/mol. The van der Waals surface area contributed by atoms with E-state index < -0.39 is 6.10 Å². The topological polar surface area (TPSA) is 49.8 Å². The zero-order chi connectivity index (χ0) is 21.6. The molecular weight excluding hydrogens is 414 g/mol. The first-order valence-electron chi connectivity index (χ1n) is 10.4. The lowest BCUT2D eigenvalue weighted by molar-refractivity contribution is -0.116. The van der Waals surface area contributed by atoms with E-state index in [0.717, 1.165) is 22.9 Å². The standard InChI is InChI=1S/C24H31NO3S2/c1-4-5-11-24(2)16-25(18-9-7-6-8-10-18)20-12-23(29-3)21(13-22(20)30-17-24)28-15-19(27)14-26/h6-10,12-14,19,27H,4-5,11,15-17H2,1-3H3/t19-,24?/m1/s1. The van der Waals surface area contributed by atoms with E-state index in [2.05, 4.69) is 61.2 Å². The Morgan fingerprint density at radius 3 is 2.77 bits per heavy atom. The summed E-state index contributed by atoms with van der Waals surface area (Å²) < 4.78 is 5.81. The summed E-state index contributed by atoms with van der Waals surface area (Å²) in [4.78, 5) is 15.4. The van der Waals surface area contributed by atoms with E-state index in [-0.39, 0.29) is 12.0 Å². The molecule has 0 bridgehead atoms. The minimum absolute atomic E-state index is 0.0306. The van der Waals surface area contributed by atoms with Crippen molar-refractivity contribution in [3.05, 3.63) is 42.5 Å². The number of aldehydes is 1.